The van der Waals surface area contributed by atoms with Gasteiger partial charge in [-0.2, -0.15) is 0 Å². The smallest absolute Gasteiger partial charge is 0.303 e. The molecule has 0 saturated carbocycles. The maximum absolute atomic E-state index is 10.2. The van der Waals surface area contributed by atoms with Crippen LogP contribution in [-0.4, -0.2) is 22.2 Å². The van der Waals surface area contributed by atoms with E-state index in [-0.39, 0.29) is 12.8 Å². The SMILES string of the molecule is O=C(O)CCCCCCCCCCC(=O)O.c1ccc(-c2ccccc2)cc1. The number of unbranched alkanes of at least 4 members (excludes halogenated alkanes) is 7. The van der Waals surface area contributed by atoms with Crippen molar-refractivity contribution in [2.24, 2.45) is 0 Å². The number of aliphatic carboxylic acids is 2. The van der Waals surface area contributed by atoms with E-state index in [4.69, 9.17) is 10.2 Å². The second-order valence-electron chi connectivity index (χ2n) is 6.85. The van der Waals surface area contributed by atoms with E-state index in [1.54, 1.807) is 0 Å². The fourth-order valence-electron chi connectivity index (χ4n) is 2.87. The first-order valence-electron chi connectivity index (χ1n) is 10.1. The van der Waals surface area contributed by atoms with Gasteiger partial charge < -0.3 is 10.2 Å². The summed E-state index contributed by atoms with van der Waals surface area (Å²) in [4.78, 5) is 20.4. The van der Waals surface area contributed by atoms with Crippen LogP contribution < -0.4 is 0 Å². The van der Waals surface area contributed by atoms with E-state index < -0.39 is 11.9 Å². The second-order valence-corrected chi connectivity index (χ2v) is 6.85. The normalized spacial score (nSPS) is 10.0. The molecule has 0 aliphatic rings. The highest BCUT2D eigenvalue weighted by atomic mass is 16.4. The molecular weight excluding hydrogens is 352 g/mol. The topological polar surface area (TPSA) is 74.6 Å². The lowest BCUT2D eigenvalue weighted by molar-refractivity contribution is -0.138. The zero-order chi connectivity index (χ0) is 20.5. The largest absolute Gasteiger partial charge is 0.481 e. The molecule has 0 spiro atoms. The molecule has 0 heterocycles. The Balaban J connectivity index is 0.000000289. The molecule has 0 saturated heterocycles. The maximum Gasteiger partial charge on any atom is 0.303 e. The summed E-state index contributed by atoms with van der Waals surface area (Å²) in [5.41, 5.74) is 2.55. The molecule has 2 aromatic carbocycles. The first kappa shape index (κ1) is 23.4. The zero-order valence-electron chi connectivity index (χ0n) is 16.6. The quantitative estimate of drug-likeness (QED) is 0.415. The predicted octanol–water partition coefficient (Wildman–Crippen LogP) is 6.41. The van der Waals surface area contributed by atoms with E-state index in [9.17, 15) is 9.59 Å². The van der Waals surface area contributed by atoms with E-state index in [2.05, 4.69) is 48.5 Å². The van der Waals surface area contributed by atoms with E-state index in [1.165, 1.54) is 11.1 Å². The number of carboxylic acids is 2. The molecule has 0 unspecified atom stereocenters. The summed E-state index contributed by atoms with van der Waals surface area (Å²) in [5.74, 6) is -1.43. The maximum atomic E-state index is 10.2. The summed E-state index contributed by atoms with van der Waals surface area (Å²) in [6.45, 7) is 0. The van der Waals surface area contributed by atoms with E-state index in [0.29, 0.717) is 0 Å². The third kappa shape index (κ3) is 12.7. The van der Waals surface area contributed by atoms with Crippen molar-refractivity contribution in [3.63, 3.8) is 0 Å². The Morgan fingerprint density at radius 3 is 1.07 bits per heavy atom. The lowest BCUT2D eigenvalue weighted by atomic mass is 10.1. The Labute approximate surface area is 168 Å². The molecule has 0 amide bonds. The molecule has 0 aliphatic carbocycles. The third-order valence-corrected chi connectivity index (χ3v) is 4.41. The predicted molar refractivity (Wildman–Crippen MR) is 113 cm³/mol. The fourth-order valence-corrected chi connectivity index (χ4v) is 2.87. The number of rotatable bonds is 12. The summed E-state index contributed by atoms with van der Waals surface area (Å²) < 4.78 is 0. The molecule has 0 bridgehead atoms. The summed E-state index contributed by atoms with van der Waals surface area (Å²) >= 11 is 0. The van der Waals surface area contributed by atoms with Crippen molar-refractivity contribution < 1.29 is 19.8 Å². The van der Waals surface area contributed by atoms with Gasteiger partial charge in [0.05, 0.1) is 0 Å². The number of carboxylic acid groups (broad SMARTS) is 2. The highest BCUT2D eigenvalue weighted by Crippen LogP contribution is 2.17. The van der Waals surface area contributed by atoms with Crippen LogP contribution >= 0.6 is 0 Å². The van der Waals surface area contributed by atoms with Gasteiger partial charge in [-0.05, 0) is 24.0 Å². The Hall–Kier alpha value is -2.62. The van der Waals surface area contributed by atoms with Gasteiger partial charge >= 0.3 is 11.9 Å². The molecule has 4 heteroatoms. The summed E-state index contributed by atoms with van der Waals surface area (Å²) in [5, 5.41) is 16.8. The Morgan fingerprint density at radius 1 is 0.500 bits per heavy atom. The van der Waals surface area contributed by atoms with Crippen molar-refractivity contribution in [3.05, 3.63) is 60.7 Å². The second kappa shape index (κ2) is 15.4. The monoisotopic (exact) mass is 384 g/mol. The lowest BCUT2D eigenvalue weighted by Crippen LogP contribution is -1.94. The number of benzene rings is 2. The van der Waals surface area contributed by atoms with Crippen molar-refractivity contribution in [2.45, 2.75) is 64.2 Å². The van der Waals surface area contributed by atoms with Gasteiger partial charge in [-0.25, -0.2) is 0 Å². The van der Waals surface area contributed by atoms with Gasteiger partial charge in [0.2, 0.25) is 0 Å². The molecule has 2 aromatic rings. The summed E-state index contributed by atoms with van der Waals surface area (Å²) in [6, 6.07) is 20.8. The molecule has 2 rings (SSSR count). The van der Waals surface area contributed by atoms with Crippen LogP contribution in [-0.2, 0) is 9.59 Å². The number of carbonyl (C=O) groups is 2. The molecule has 0 radical (unpaired) electrons. The number of hydrogen-bond acceptors (Lipinski definition) is 2. The lowest BCUT2D eigenvalue weighted by Gasteiger charge is -2.00. The van der Waals surface area contributed by atoms with E-state index in [1.807, 2.05) is 12.1 Å². The minimum Gasteiger partial charge on any atom is -0.481 e. The van der Waals surface area contributed by atoms with Crippen molar-refractivity contribution in [2.75, 3.05) is 0 Å². The number of hydrogen-bond donors (Lipinski definition) is 2. The molecule has 152 valence electrons. The van der Waals surface area contributed by atoms with E-state index in [0.717, 1.165) is 51.4 Å². The van der Waals surface area contributed by atoms with Crippen LogP contribution in [0.3, 0.4) is 0 Å². The molecule has 0 aromatic heterocycles. The Morgan fingerprint density at radius 2 is 0.786 bits per heavy atom. The highest BCUT2D eigenvalue weighted by Gasteiger charge is 1.98. The van der Waals surface area contributed by atoms with Crippen LogP contribution in [0.25, 0.3) is 11.1 Å². The van der Waals surface area contributed by atoms with Crippen LogP contribution in [0.15, 0.2) is 60.7 Å². The van der Waals surface area contributed by atoms with Crippen molar-refractivity contribution in [1.29, 1.82) is 0 Å². The van der Waals surface area contributed by atoms with Crippen LogP contribution in [0.4, 0.5) is 0 Å². The molecule has 28 heavy (non-hydrogen) atoms. The van der Waals surface area contributed by atoms with Gasteiger partial charge in [-0.3, -0.25) is 9.59 Å². The minimum absolute atomic E-state index is 0.276. The van der Waals surface area contributed by atoms with Gasteiger partial charge in [0.1, 0.15) is 0 Å². The van der Waals surface area contributed by atoms with Crippen LogP contribution in [0.1, 0.15) is 64.2 Å². The third-order valence-electron chi connectivity index (χ3n) is 4.41. The molecular formula is C24H32O4. The van der Waals surface area contributed by atoms with Crippen molar-refractivity contribution in [1.82, 2.24) is 0 Å². The zero-order valence-corrected chi connectivity index (χ0v) is 16.6. The molecule has 4 nitrogen and oxygen atoms in total. The summed E-state index contributed by atoms with van der Waals surface area (Å²) in [6.07, 6.45) is 8.51. The molecule has 0 fully saturated rings. The van der Waals surface area contributed by atoms with Gasteiger partial charge in [0, 0.05) is 12.8 Å². The first-order valence-corrected chi connectivity index (χ1v) is 10.1. The fraction of sp³-hybridized carbons (Fsp3) is 0.417. The first-order chi connectivity index (χ1) is 13.6. The standard InChI is InChI=1S/C12H22O4.C12H10/c13-11(14)9-7-5-3-1-2-4-6-8-10-12(15)16;1-3-7-11(8-4-1)12-9-5-2-6-10-12/h1-10H2,(H,13,14)(H,15,16);1-10H. The van der Waals surface area contributed by atoms with Gasteiger partial charge in [0.25, 0.3) is 0 Å². The summed E-state index contributed by atoms with van der Waals surface area (Å²) in [7, 11) is 0. The molecule has 2 N–H and O–H groups in total. The average Bonchev–Trinajstić information content (AvgIpc) is 2.71. The van der Waals surface area contributed by atoms with Crippen LogP contribution in [0, 0.1) is 0 Å². The molecule has 0 aliphatic heterocycles. The Kier molecular flexibility index (Phi) is 12.9. The van der Waals surface area contributed by atoms with Crippen LogP contribution in [0.2, 0.25) is 0 Å². The van der Waals surface area contributed by atoms with Crippen molar-refractivity contribution >= 4 is 11.9 Å². The highest BCUT2D eigenvalue weighted by molar-refractivity contribution is 5.66. The van der Waals surface area contributed by atoms with Crippen molar-refractivity contribution in [3.8, 4) is 11.1 Å². The van der Waals surface area contributed by atoms with Gasteiger partial charge in [-0.1, -0.05) is 99.2 Å². The average molecular weight is 385 g/mol. The van der Waals surface area contributed by atoms with Crippen LogP contribution in [0.5, 0.6) is 0 Å². The van der Waals surface area contributed by atoms with Gasteiger partial charge in [0.15, 0.2) is 0 Å². The van der Waals surface area contributed by atoms with E-state index >= 15 is 0 Å². The molecule has 0 atom stereocenters. The Bertz CT molecular complexity index is 593. The van der Waals surface area contributed by atoms with Gasteiger partial charge in [-0.15, -0.1) is 0 Å². The minimum atomic E-state index is -0.714.